The molecule has 4 N–H and O–H groups in total. The van der Waals surface area contributed by atoms with Gasteiger partial charge in [-0.15, -0.1) is 0 Å². The number of halogens is 5. The van der Waals surface area contributed by atoms with Crippen LogP contribution in [0, 0.1) is 0 Å². The van der Waals surface area contributed by atoms with Crippen LogP contribution in [-0.2, 0) is 16.4 Å². The van der Waals surface area contributed by atoms with Crippen LogP contribution >= 0.6 is 22.6 Å². The fraction of sp³-hybridized carbons (Fsp3) is 0.379. The monoisotopic (exact) mass is 670 g/mol. The summed E-state index contributed by atoms with van der Waals surface area (Å²) in [6, 6.07) is 17.4. The number of hydrogen-bond acceptors (Lipinski definition) is 4. The van der Waals surface area contributed by atoms with Crippen LogP contribution in [0.5, 0.6) is 5.75 Å². The maximum atomic E-state index is 13.8. The predicted octanol–water partition coefficient (Wildman–Crippen LogP) is 6.31. The van der Waals surface area contributed by atoms with Gasteiger partial charge in [0, 0.05) is 29.1 Å². The smallest absolute Gasteiger partial charge is 0.428 e. The number of amides is 2. The Morgan fingerprint density at radius 3 is 2.45 bits per heavy atom. The molecule has 2 aromatic carbocycles. The van der Waals surface area contributed by atoms with Crippen molar-refractivity contribution in [2.75, 3.05) is 0 Å². The Hall–Kier alpha value is -2.93. The normalized spacial score (nSPS) is 19.1. The second-order valence-corrected chi connectivity index (χ2v) is 10.7. The molecule has 6 nitrogen and oxygen atoms in total. The molecule has 1 fully saturated rings. The Morgan fingerprint density at radius 1 is 1.05 bits per heavy atom. The summed E-state index contributed by atoms with van der Waals surface area (Å²) in [5.74, 6) is -0.472. The molecule has 0 aliphatic heterocycles. The maximum Gasteiger partial charge on any atom is 0.461 e. The Balaban J connectivity index is 1.82. The molecule has 0 bridgehead atoms. The zero-order chi connectivity index (χ0) is 28.8. The molecule has 1 aliphatic rings. The first-order chi connectivity index (χ1) is 19.1. The van der Waals surface area contributed by atoms with Crippen LogP contribution in [0.25, 0.3) is 0 Å². The number of nitrogens with zero attached hydrogens (tertiary/aromatic N) is 1. The fourth-order valence-electron chi connectivity index (χ4n) is 4.94. The van der Waals surface area contributed by atoms with Gasteiger partial charge in [0.15, 0.2) is 0 Å². The minimum Gasteiger partial charge on any atom is -0.428 e. The van der Waals surface area contributed by atoms with E-state index in [1.165, 1.54) is 18.2 Å². The Kier molecular flexibility index (Phi) is 9.88. The standard InChI is InChI=1S/C29H31F4IN4O2/c30-26(31)29(32,33)40-22-10-6-9-21(15-22)28(16-19-7-2-1-3-8-19,25-14-13-20(17-34)18-36-25)38-27(39)37-24-12-5-4-11-23(24)35/h1-3,6-10,13-15,18,23-24,26H,4-5,11-12,16-17,35H2,(H2,37,38,39)/t23-,24-,28-/m0/s1. The number of rotatable bonds is 10. The number of carbonyl (C=O) groups is 1. The number of urea groups is 1. The maximum absolute atomic E-state index is 13.8. The largest absolute Gasteiger partial charge is 0.461 e. The highest BCUT2D eigenvalue weighted by Crippen LogP contribution is 2.36. The summed E-state index contributed by atoms with van der Waals surface area (Å²) in [7, 11) is 0. The predicted molar refractivity (Wildman–Crippen MR) is 153 cm³/mol. The first kappa shape index (κ1) is 30.0. The number of hydrogen-bond donors (Lipinski definition) is 3. The van der Waals surface area contributed by atoms with Crippen LogP contribution in [0.2, 0.25) is 0 Å². The van der Waals surface area contributed by atoms with Gasteiger partial charge in [-0.2, -0.15) is 17.6 Å². The van der Waals surface area contributed by atoms with Gasteiger partial charge in [0.25, 0.3) is 0 Å². The fourth-order valence-corrected chi connectivity index (χ4v) is 5.39. The molecule has 1 heterocycles. The number of nitrogens with two attached hydrogens (primary N) is 1. The SMILES string of the molecule is N[C@H]1CCCC[C@@H]1NC(=O)N[C@@](Cc1ccccc1)(c1cccc(OC(F)(F)C(F)F)c1)c1ccc(CI)cn1. The summed E-state index contributed by atoms with van der Waals surface area (Å²) in [6.07, 6.45) is -3.40. The van der Waals surface area contributed by atoms with Crippen molar-refractivity contribution >= 4 is 28.6 Å². The third-order valence-corrected chi connectivity index (χ3v) is 7.91. The third-order valence-electron chi connectivity index (χ3n) is 7.03. The number of benzene rings is 2. The van der Waals surface area contributed by atoms with E-state index < -0.39 is 29.9 Å². The van der Waals surface area contributed by atoms with E-state index in [9.17, 15) is 22.4 Å². The highest BCUT2D eigenvalue weighted by atomic mass is 127. The Morgan fingerprint density at radius 2 is 1.80 bits per heavy atom. The Labute approximate surface area is 244 Å². The van der Waals surface area contributed by atoms with Crippen LogP contribution in [0.4, 0.5) is 22.4 Å². The van der Waals surface area contributed by atoms with Gasteiger partial charge >= 0.3 is 18.6 Å². The molecule has 0 radical (unpaired) electrons. The van der Waals surface area contributed by atoms with Crippen molar-refractivity contribution in [3.05, 3.63) is 95.3 Å². The first-order valence-electron chi connectivity index (χ1n) is 13.0. The molecule has 40 heavy (non-hydrogen) atoms. The van der Waals surface area contributed by atoms with Crippen molar-refractivity contribution in [3.63, 3.8) is 0 Å². The number of nitrogens with one attached hydrogen (secondary N) is 2. The summed E-state index contributed by atoms with van der Waals surface area (Å²) in [4.78, 5) is 18.2. The van der Waals surface area contributed by atoms with Gasteiger partial charge in [-0.25, -0.2) is 4.79 Å². The van der Waals surface area contributed by atoms with Crippen molar-refractivity contribution < 1.29 is 27.1 Å². The number of aromatic nitrogens is 1. The van der Waals surface area contributed by atoms with Gasteiger partial charge in [-0.05, 0) is 47.7 Å². The average Bonchev–Trinajstić information content (AvgIpc) is 2.94. The van der Waals surface area contributed by atoms with Crippen molar-refractivity contribution in [1.29, 1.82) is 0 Å². The number of alkyl halides is 5. The molecule has 11 heteroatoms. The molecule has 1 saturated carbocycles. The first-order valence-corrected chi connectivity index (χ1v) is 14.5. The van der Waals surface area contributed by atoms with E-state index in [1.54, 1.807) is 18.3 Å². The zero-order valence-corrected chi connectivity index (χ0v) is 23.8. The second kappa shape index (κ2) is 13.2. The van der Waals surface area contributed by atoms with Gasteiger partial charge in [-0.3, -0.25) is 4.98 Å². The highest BCUT2D eigenvalue weighted by molar-refractivity contribution is 14.1. The molecule has 3 atom stereocenters. The van der Waals surface area contributed by atoms with Crippen molar-refractivity contribution in [3.8, 4) is 5.75 Å². The van der Waals surface area contributed by atoms with Crippen molar-refractivity contribution in [2.24, 2.45) is 5.73 Å². The molecule has 0 spiro atoms. The molecular weight excluding hydrogens is 639 g/mol. The van der Waals surface area contributed by atoms with Gasteiger partial charge < -0.3 is 21.1 Å². The second-order valence-electron chi connectivity index (χ2n) is 9.90. The Bertz CT molecular complexity index is 1270. The third kappa shape index (κ3) is 7.22. The lowest BCUT2D eigenvalue weighted by Crippen LogP contribution is -2.57. The lowest BCUT2D eigenvalue weighted by molar-refractivity contribution is -0.253. The number of ether oxygens (including phenoxy) is 1. The van der Waals surface area contributed by atoms with E-state index >= 15 is 0 Å². The summed E-state index contributed by atoms with van der Waals surface area (Å²) in [6.45, 7) is 0. The van der Waals surface area contributed by atoms with E-state index in [4.69, 9.17) is 5.73 Å². The van der Waals surface area contributed by atoms with Crippen LogP contribution in [0.1, 0.15) is 48.1 Å². The minimum atomic E-state index is -4.69. The molecular formula is C29H31F4IN4O2. The molecule has 0 unspecified atom stereocenters. The van der Waals surface area contributed by atoms with Crippen LogP contribution in [-0.4, -0.2) is 35.6 Å². The van der Waals surface area contributed by atoms with E-state index in [0.29, 0.717) is 15.7 Å². The van der Waals surface area contributed by atoms with Crippen LogP contribution < -0.4 is 21.1 Å². The van der Waals surface area contributed by atoms with E-state index in [1.807, 2.05) is 36.4 Å². The highest BCUT2D eigenvalue weighted by Gasteiger charge is 2.45. The van der Waals surface area contributed by atoms with Crippen LogP contribution in [0.3, 0.4) is 0 Å². The molecule has 1 aromatic heterocycles. The molecule has 0 saturated heterocycles. The quantitative estimate of drug-likeness (QED) is 0.134. The van der Waals surface area contributed by atoms with Crippen molar-refractivity contribution in [1.82, 2.24) is 15.6 Å². The summed E-state index contributed by atoms with van der Waals surface area (Å²) >= 11 is 2.21. The van der Waals surface area contributed by atoms with Gasteiger partial charge in [0.05, 0.1) is 5.69 Å². The van der Waals surface area contributed by atoms with Gasteiger partial charge in [0.2, 0.25) is 0 Å². The number of carbonyl (C=O) groups excluding carboxylic acids is 1. The molecule has 3 aromatic rings. The number of pyridine rings is 1. The lowest BCUT2D eigenvalue weighted by atomic mass is 9.80. The van der Waals surface area contributed by atoms with E-state index in [0.717, 1.165) is 36.8 Å². The molecule has 1 aliphatic carbocycles. The molecule has 214 valence electrons. The summed E-state index contributed by atoms with van der Waals surface area (Å²) in [5.41, 5.74) is 7.42. The minimum absolute atomic E-state index is 0.184. The zero-order valence-electron chi connectivity index (χ0n) is 21.6. The van der Waals surface area contributed by atoms with Crippen LogP contribution in [0.15, 0.2) is 72.9 Å². The van der Waals surface area contributed by atoms with E-state index in [-0.39, 0.29) is 18.5 Å². The summed E-state index contributed by atoms with van der Waals surface area (Å²) in [5, 5.41) is 6.05. The van der Waals surface area contributed by atoms with Gasteiger partial charge in [0.1, 0.15) is 11.3 Å². The molecule has 4 rings (SSSR count). The summed E-state index contributed by atoms with van der Waals surface area (Å²) < 4.78 is 58.6. The van der Waals surface area contributed by atoms with E-state index in [2.05, 4.69) is 42.9 Å². The molecule has 2 amide bonds. The lowest BCUT2D eigenvalue weighted by Gasteiger charge is -2.37. The van der Waals surface area contributed by atoms with Crippen molar-refractivity contribution in [2.45, 2.75) is 66.7 Å². The average molecular weight is 670 g/mol. The van der Waals surface area contributed by atoms with Gasteiger partial charge in [-0.1, -0.05) is 84.0 Å². The topological polar surface area (TPSA) is 89.3 Å².